The maximum absolute atomic E-state index is 13.5. The molecule has 0 spiro atoms. The second-order valence-electron chi connectivity index (χ2n) is 3.19. The summed E-state index contributed by atoms with van der Waals surface area (Å²) < 4.78 is 13.5. The molecule has 0 amide bonds. The van der Waals surface area contributed by atoms with E-state index in [0.717, 1.165) is 5.69 Å². The molecule has 0 fully saturated rings. The first kappa shape index (κ1) is 10.4. The molecule has 0 aliphatic heterocycles. The van der Waals surface area contributed by atoms with Crippen LogP contribution in [0.15, 0.2) is 24.7 Å². The Bertz CT molecular complexity index is 474. The van der Waals surface area contributed by atoms with Gasteiger partial charge in [-0.15, -0.1) is 0 Å². The van der Waals surface area contributed by atoms with Crippen LogP contribution in [0.1, 0.15) is 11.4 Å². The summed E-state index contributed by atoms with van der Waals surface area (Å²) in [5.74, 6) is -0.260. The molecule has 16 heavy (non-hydrogen) atoms. The lowest BCUT2D eigenvalue weighted by atomic mass is 10.3. The van der Waals surface area contributed by atoms with Crippen LogP contribution < -0.4 is 5.32 Å². The number of anilines is 1. The standard InChI is InChI=1S/C10H10FN5/c1-7-9(11)10(14-6-13-7)12-5-8-3-2-4-15-16-8/h2-4,6H,5H2,1H3,(H,12,13,14). The molecular weight excluding hydrogens is 209 g/mol. The Labute approximate surface area is 91.8 Å². The van der Waals surface area contributed by atoms with E-state index in [4.69, 9.17) is 0 Å². The highest BCUT2D eigenvalue weighted by molar-refractivity contribution is 5.37. The zero-order valence-electron chi connectivity index (χ0n) is 8.68. The van der Waals surface area contributed by atoms with Gasteiger partial charge in [0.2, 0.25) is 0 Å². The number of aryl methyl sites for hydroxylation is 1. The summed E-state index contributed by atoms with van der Waals surface area (Å²) in [7, 11) is 0. The fourth-order valence-electron chi connectivity index (χ4n) is 1.18. The van der Waals surface area contributed by atoms with Crippen molar-refractivity contribution in [3.05, 3.63) is 41.9 Å². The van der Waals surface area contributed by atoms with Crippen molar-refractivity contribution in [1.82, 2.24) is 20.2 Å². The molecule has 2 rings (SSSR count). The van der Waals surface area contributed by atoms with Crippen LogP contribution in [0, 0.1) is 12.7 Å². The van der Waals surface area contributed by atoms with E-state index in [-0.39, 0.29) is 5.82 Å². The second kappa shape index (κ2) is 4.61. The van der Waals surface area contributed by atoms with Crippen molar-refractivity contribution < 1.29 is 4.39 Å². The molecule has 1 N–H and O–H groups in total. The summed E-state index contributed by atoms with van der Waals surface area (Å²) in [5.41, 5.74) is 1.04. The van der Waals surface area contributed by atoms with Gasteiger partial charge in [0.1, 0.15) is 6.33 Å². The molecule has 6 heteroatoms. The van der Waals surface area contributed by atoms with Crippen LogP contribution in [0.2, 0.25) is 0 Å². The van der Waals surface area contributed by atoms with Crippen molar-refractivity contribution in [1.29, 1.82) is 0 Å². The zero-order chi connectivity index (χ0) is 11.4. The van der Waals surface area contributed by atoms with Gasteiger partial charge in [0.05, 0.1) is 17.9 Å². The highest BCUT2D eigenvalue weighted by Crippen LogP contribution is 2.12. The molecule has 0 aliphatic carbocycles. The molecule has 0 aliphatic rings. The van der Waals surface area contributed by atoms with Crippen molar-refractivity contribution in [3.63, 3.8) is 0 Å². The molecule has 0 saturated heterocycles. The maximum Gasteiger partial charge on any atom is 0.186 e. The highest BCUT2D eigenvalue weighted by Gasteiger charge is 2.06. The van der Waals surface area contributed by atoms with Crippen molar-refractivity contribution in [2.24, 2.45) is 0 Å². The average Bonchev–Trinajstić information content (AvgIpc) is 2.32. The minimum absolute atomic E-state index is 0.179. The first-order valence-corrected chi connectivity index (χ1v) is 4.75. The number of aromatic nitrogens is 4. The van der Waals surface area contributed by atoms with E-state index in [1.165, 1.54) is 6.33 Å². The van der Waals surface area contributed by atoms with Gasteiger partial charge < -0.3 is 5.32 Å². The Morgan fingerprint density at radius 1 is 1.38 bits per heavy atom. The van der Waals surface area contributed by atoms with Gasteiger partial charge in [-0.1, -0.05) is 0 Å². The van der Waals surface area contributed by atoms with Crippen LogP contribution in [0.4, 0.5) is 10.2 Å². The predicted octanol–water partition coefficient (Wildman–Crippen LogP) is 1.33. The zero-order valence-corrected chi connectivity index (χ0v) is 8.68. The summed E-state index contributed by atoms with van der Waals surface area (Å²) in [5, 5.41) is 10.4. The van der Waals surface area contributed by atoms with Gasteiger partial charge in [0.25, 0.3) is 0 Å². The number of hydrogen-bond acceptors (Lipinski definition) is 5. The minimum atomic E-state index is -0.439. The van der Waals surface area contributed by atoms with Crippen molar-refractivity contribution >= 4 is 5.82 Å². The van der Waals surface area contributed by atoms with E-state index in [2.05, 4.69) is 25.5 Å². The van der Waals surface area contributed by atoms with E-state index in [1.807, 2.05) is 0 Å². The average molecular weight is 219 g/mol. The van der Waals surface area contributed by atoms with Gasteiger partial charge in [-0.2, -0.15) is 10.2 Å². The van der Waals surface area contributed by atoms with Crippen LogP contribution in [0.5, 0.6) is 0 Å². The van der Waals surface area contributed by atoms with Gasteiger partial charge >= 0.3 is 0 Å². The van der Waals surface area contributed by atoms with E-state index in [0.29, 0.717) is 12.2 Å². The van der Waals surface area contributed by atoms with Crippen molar-refractivity contribution in [2.45, 2.75) is 13.5 Å². The molecule has 0 atom stereocenters. The largest absolute Gasteiger partial charge is 0.362 e. The maximum atomic E-state index is 13.5. The van der Waals surface area contributed by atoms with Gasteiger partial charge in [0, 0.05) is 6.20 Å². The Morgan fingerprint density at radius 2 is 2.25 bits per heavy atom. The topological polar surface area (TPSA) is 63.6 Å². The Morgan fingerprint density at radius 3 is 3.00 bits per heavy atom. The molecule has 5 nitrogen and oxygen atoms in total. The molecule has 0 radical (unpaired) electrons. The van der Waals surface area contributed by atoms with Crippen LogP contribution in [0.25, 0.3) is 0 Å². The van der Waals surface area contributed by atoms with Crippen LogP contribution in [-0.2, 0) is 6.54 Å². The lowest BCUT2D eigenvalue weighted by Gasteiger charge is -2.05. The predicted molar refractivity (Wildman–Crippen MR) is 56.1 cm³/mol. The minimum Gasteiger partial charge on any atom is -0.362 e. The summed E-state index contributed by atoms with van der Waals surface area (Å²) in [6.45, 7) is 1.96. The smallest absolute Gasteiger partial charge is 0.186 e. The van der Waals surface area contributed by atoms with Crippen LogP contribution in [-0.4, -0.2) is 20.2 Å². The Kier molecular flexibility index (Phi) is 3.00. The van der Waals surface area contributed by atoms with E-state index >= 15 is 0 Å². The van der Waals surface area contributed by atoms with Gasteiger partial charge in [-0.3, -0.25) is 0 Å². The van der Waals surface area contributed by atoms with Crippen LogP contribution in [0.3, 0.4) is 0 Å². The number of halogens is 1. The fraction of sp³-hybridized carbons (Fsp3) is 0.200. The Balaban J connectivity index is 2.08. The molecule has 2 heterocycles. The van der Waals surface area contributed by atoms with E-state index in [9.17, 15) is 4.39 Å². The summed E-state index contributed by atoms with van der Waals surface area (Å²) in [6.07, 6.45) is 2.90. The second-order valence-corrected chi connectivity index (χ2v) is 3.19. The van der Waals surface area contributed by atoms with Gasteiger partial charge in [-0.25, -0.2) is 14.4 Å². The molecule has 0 unspecified atom stereocenters. The molecule has 0 saturated carbocycles. The first-order valence-electron chi connectivity index (χ1n) is 4.75. The van der Waals surface area contributed by atoms with Crippen molar-refractivity contribution in [3.8, 4) is 0 Å². The molecule has 0 aromatic carbocycles. The molecular formula is C10H10FN5. The van der Waals surface area contributed by atoms with Crippen LogP contribution >= 0.6 is 0 Å². The third-order valence-electron chi connectivity index (χ3n) is 2.03. The van der Waals surface area contributed by atoms with E-state index < -0.39 is 5.82 Å². The SMILES string of the molecule is Cc1ncnc(NCc2cccnn2)c1F. The molecule has 2 aromatic heterocycles. The third kappa shape index (κ3) is 2.28. The molecule has 0 bridgehead atoms. The normalized spacial score (nSPS) is 10.1. The molecule has 2 aromatic rings. The highest BCUT2D eigenvalue weighted by atomic mass is 19.1. The summed E-state index contributed by atoms with van der Waals surface area (Å²) >= 11 is 0. The number of nitrogens with zero attached hydrogens (tertiary/aromatic N) is 4. The fourth-order valence-corrected chi connectivity index (χ4v) is 1.18. The third-order valence-corrected chi connectivity index (χ3v) is 2.03. The number of hydrogen-bond donors (Lipinski definition) is 1. The van der Waals surface area contributed by atoms with E-state index in [1.54, 1.807) is 25.3 Å². The summed E-state index contributed by atoms with van der Waals surface area (Å²) in [6, 6.07) is 3.57. The molecule has 82 valence electrons. The lowest BCUT2D eigenvalue weighted by Crippen LogP contribution is -2.07. The van der Waals surface area contributed by atoms with Gasteiger partial charge in [0.15, 0.2) is 11.6 Å². The number of rotatable bonds is 3. The Hall–Kier alpha value is -2.11. The summed E-state index contributed by atoms with van der Waals surface area (Å²) in [4.78, 5) is 7.55. The van der Waals surface area contributed by atoms with Crippen molar-refractivity contribution in [2.75, 3.05) is 5.32 Å². The lowest BCUT2D eigenvalue weighted by molar-refractivity contribution is 0.604. The number of nitrogens with one attached hydrogen (secondary N) is 1. The quantitative estimate of drug-likeness (QED) is 0.843. The van der Waals surface area contributed by atoms with Gasteiger partial charge in [-0.05, 0) is 19.1 Å². The first-order chi connectivity index (χ1) is 7.77. The monoisotopic (exact) mass is 219 g/mol.